The van der Waals surface area contributed by atoms with Gasteiger partial charge in [0.15, 0.2) is 0 Å². The first-order valence-electron chi connectivity index (χ1n) is 18.3. The molecule has 3 aromatic heterocycles. The van der Waals surface area contributed by atoms with Gasteiger partial charge >= 0.3 is 56.5 Å². The molecule has 0 bridgehead atoms. The zero-order valence-corrected chi connectivity index (χ0v) is 52.4. The minimum Gasteiger partial charge on any atom is -0.263 e. The predicted octanol–water partition coefficient (Wildman–Crippen LogP) is 7.44. The van der Waals surface area contributed by atoms with Gasteiger partial charge in [-0.15, -0.1) is 24.0 Å². The Labute approximate surface area is 468 Å². The fourth-order valence-corrected chi connectivity index (χ4v) is 7.51. The van der Waals surface area contributed by atoms with Crippen molar-refractivity contribution in [2.75, 3.05) is 16.4 Å². The van der Waals surface area contributed by atoms with E-state index in [9.17, 15) is 30.0 Å². The molecule has 6 rings (SSSR count). The third-order valence-electron chi connectivity index (χ3n) is 7.49. The maximum Gasteiger partial charge on any atom is 0.241 e. The SMILES string of the molecule is Cc1cccc(N)c1.Cc1cccc(Nc2ccncc2S(=O)(=O)NC(=O)NC(C)C)c1.Cc1cccc(Nc2ccncc2S(N)(=O)=O)c1.I.II.I[I-]I.NS(=O)(=O)c1cnccc1Cl. The number of nitrogens with two attached hydrogens (primary N) is 3. The minimum absolute atomic E-state index is 0. The summed E-state index contributed by atoms with van der Waals surface area (Å²) in [5.74, 6) is 0. The van der Waals surface area contributed by atoms with Gasteiger partial charge in [0.2, 0.25) is 20.0 Å². The van der Waals surface area contributed by atoms with Gasteiger partial charge in [0.05, 0.1) is 16.4 Å². The third-order valence-corrected chi connectivity index (χ3v) is 11.2. The molecule has 0 radical (unpaired) electrons. The summed E-state index contributed by atoms with van der Waals surface area (Å²) < 4.78 is 71.1. The van der Waals surface area contributed by atoms with Crippen molar-refractivity contribution in [3.63, 3.8) is 0 Å². The molecular weight excluding hydrogens is 1630 g/mol. The van der Waals surface area contributed by atoms with E-state index >= 15 is 0 Å². The van der Waals surface area contributed by atoms with Crippen molar-refractivity contribution in [3.8, 4) is 0 Å². The maximum atomic E-state index is 12.5. The molecule has 17 nitrogen and oxygen atoms in total. The smallest absolute Gasteiger partial charge is 0.241 e. The van der Waals surface area contributed by atoms with Crippen LogP contribution >= 0.6 is 110 Å². The maximum absolute atomic E-state index is 12.5. The normalized spacial score (nSPS) is 10.4. The van der Waals surface area contributed by atoms with Crippen LogP contribution in [0.4, 0.5) is 33.2 Å². The van der Waals surface area contributed by atoms with Gasteiger partial charge in [-0.2, -0.15) is 0 Å². The average molecular weight is 1670 g/mol. The second-order valence-corrected chi connectivity index (χ2v) is 34.7. The molecule has 6 aromatic rings. The van der Waals surface area contributed by atoms with E-state index < -0.39 is 36.1 Å². The van der Waals surface area contributed by atoms with Gasteiger partial charge in [-0.1, -0.05) is 48.0 Å². The fourth-order valence-electron chi connectivity index (χ4n) is 4.88. The van der Waals surface area contributed by atoms with Crippen LogP contribution in [0.2, 0.25) is 5.02 Å². The van der Waals surface area contributed by atoms with Crippen LogP contribution in [0.3, 0.4) is 0 Å². The first-order chi connectivity index (χ1) is 31.0. The number of nitrogens with one attached hydrogen (secondary N) is 4. The molecule has 0 saturated carbocycles. The molecule has 0 unspecified atom stereocenters. The Morgan fingerprint density at radius 3 is 1.39 bits per heavy atom. The van der Waals surface area contributed by atoms with Crippen molar-refractivity contribution in [1.82, 2.24) is 25.0 Å². The zero-order chi connectivity index (χ0) is 50.1. The Kier molecular flexibility index (Phi) is 32.8. The average Bonchev–Trinajstić information content (AvgIpc) is 3.22. The molecule has 0 aliphatic heterocycles. The van der Waals surface area contributed by atoms with E-state index in [4.69, 9.17) is 27.6 Å². The molecule has 0 aliphatic carbocycles. The number of hydrogen-bond donors (Lipinski definition) is 7. The van der Waals surface area contributed by atoms with Crippen molar-refractivity contribution in [2.24, 2.45) is 10.3 Å². The van der Waals surface area contributed by atoms with Gasteiger partial charge in [0.25, 0.3) is 10.0 Å². The van der Waals surface area contributed by atoms with E-state index in [2.05, 4.69) is 105 Å². The molecule has 27 heteroatoms. The van der Waals surface area contributed by atoms with E-state index in [-0.39, 0.29) is 49.7 Å². The molecule has 0 saturated heterocycles. The van der Waals surface area contributed by atoms with Crippen molar-refractivity contribution in [3.05, 3.63) is 150 Å². The first-order valence-corrected chi connectivity index (χ1v) is 42.1. The molecule has 3 heterocycles. The topological polar surface area (TPSA) is 284 Å². The molecule has 10 N–H and O–H groups in total. The van der Waals surface area contributed by atoms with Crippen LogP contribution in [0, 0.1) is 20.8 Å². The number of primary sulfonamides is 2. The van der Waals surface area contributed by atoms with Gasteiger partial charge in [-0.3, -0.25) is 15.0 Å². The summed E-state index contributed by atoms with van der Waals surface area (Å²) >= 11 is 15.0. The van der Waals surface area contributed by atoms with Crippen LogP contribution in [0.25, 0.3) is 0 Å². The number of benzene rings is 3. The second kappa shape index (κ2) is 33.7. The van der Waals surface area contributed by atoms with E-state index in [1.165, 1.54) is 48.7 Å². The first kappa shape index (κ1) is 65.2. The monoisotopic (exact) mass is 1670 g/mol. The fraction of sp³-hybridized carbons (Fsp3) is 0.150. The van der Waals surface area contributed by atoms with Gasteiger partial charge in [-0.25, -0.2) is 45.0 Å². The summed E-state index contributed by atoms with van der Waals surface area (Å²) in [5.41, 5.74) is 11.9. The van der Waals surface area contributed by atoms with Crippen molar-refractivity contribution < 1.29 is 43.3 Å². The van der Waals surface area contributed by atoms with Gasteiger partial charge in [0, 0.05) is 97.5 Å². The number of pyridine rings is 3. The van der Waals surface area contributed by atoms with Crippen molar-refractivity contribution >= 4 is 175 Å². The number of sulfonamides is 3. The number of anilines is 5. The zero-order valence-electron chi connectivity index (χ0n) is 36.0. The van der Waals surface area contributed by atoms with Crippen LogP contribution in [-0.2, 0) is 30.1 Å². The number of hydrogen-bond acceptors (Lipinski definition) is 13. The van der Waals surface area contributed by atoms with Gasteiger partial charge in [-0.05, 0) is 106 Å². The predicted molar refractivity (Wildman–Crippen MR) is 310 cm³/mol. The Hall–Kier alpha value is -1.78. The van der Waals surface area contributed by atoms with E-state index in [1.54, 1.807) is 19.9 Å². The summed E-state index contributed by atoms with van der Waals surface area (Å²) in [5, 5.41) is 18.6. The summed E-state index contributed by atoms with van der Waals surface area (Å²) in [7, 11) is -11.6. The molecule has 0 fully saturated rings. The van der Waals surface area contributed by atoms with E-state index in [0.29, 0.717) is 24.6 Å². The van der Waals surface area contributed by atoms with Crippen LogP contribution in [-0.4, -0.2) is 52.3 Å². The Morgan fingerprint density at radius 2 is 1.03 bits per heavy atom. The Bertz CT molecular complexity index is 2790. The number of aryl methyl sites for hydroxylation is 3. The standard InChI is InChI=1S/C16H20N4O3S.C12H13N3O2S.C7H9N.C5H5ClN2O2S.I3.I2.HI/c1-11(2)18-16(21)20-24(22,23)15-10-17-8-7-14(15)19-13-6-4-5-12(3)9-13;1-9-3-2-4-10(7-9)15-11-5-6-14-8-12(11)18(13,16)17;1-6-3-2-4-7(8)5-6;6-4-1-2-8-3-5(4)11(7,9)10;1-3-2;1-2;/h4-11H,1-3H3,(H,17,19)(H2,18,20,21);2-8H,1H3,(H,14,15)(H2,13,16,17);2-5H,8H2,1H3;1-3H,(H2,7,9,10);;;1H/q;;;;-1;;. The molecule has 3 aromatic carbocycles. The number of amides is 2. The number of aromatic nitrogens is 3. The molecular formula is C40H48ClI6N10O7S3-. The quantitative estimate of drug-likeness (QED) is 0.0548. The number of urea groups is 1. The third kappa shape index (κ3) is 26.9. The van der Waals surface area contributed by atoms with Crippen LogP contribution in [0.1, 0.15) is 30.5 Å². The number of carbonyl (C=O) groups is 1. The number of halogens is 7. The van der Waals surface area contributed by atoms with Crippen molar-refractivity contribution in [2.45, 2.75) is 55.3 Å². The molecule has 67 heavy (non-hydrogen) atoms. The molecule has 2 amide bonds. The summed E-state index contributed by atoms with van der Waals surface area (Å²) in [6.45, 7) is 9.39. The minimum atomic E-state index is -4.05. The van der Waals surface area contributed by atoms with E-state index in [1.807, 2.05) is 98.3 Å². The van der Waals surface area contributed by atoms with Crippen LogP contribution in [0.15, 0.2) is 143 Å². The summed E-state index contributed by atoms with van der Waals surface area (Å²) in [4.78, 5) is 22.6. The van der Waals surface area contributed by atoms with E-state index in [0.717, 1.165) is 34.4 Å². The second-order valence-electron chi connectivity index (χ2n) is 13.3. The number of nitrogen functional groups attached to an aromatic ring is 1. The number of carbonyl (C=O) groups excluding carboxylic acids is 1. The largest absolute Gasteiger partial charge is 0.263 e. The molecule has 368 valence electrons. The summed E-state index contributed by atoms with van der Waals surface area (Å²) in [6.07, 6.45) is 7.91. The van der Waals surface area contributed by atoms with Crippen molar-refractivity contribution in [1.29, 1.82) is 0 Å². The van der Waals surface area contributed by atoms with Crippen LogP contribution in [0.5, 0.6) is 0 Å². The number of nitrogens with zero attached hydrogens (tertiary/aromatic N) is 3. The number of rotatable bonds is 9. The van der Waals surface area contributed by atoms with Crippen LogP contribution < -0.4 is 49.9 Å². The molecule has 0 atom stereocenters. The summed E-state index contributed by atoms with van der Waals surface area (Å²) in [6, 6.07) is 26.4. The van der Waals surface area contributed by atoms with Gasteiger partial charge in [0.1, 0.15) is 14.7 Å². The Morgan fingerprint density at radius 1 is 0.642 bits per heavy atom. The van der Waals surface area contributed by atoms with Gasteiger partial charge < -0.3 is 21.7 Å². The Balaban J connectivity index is 0.000000890. The molecule has 0 spiro atoms. The molecule has 0 aliphatic rings.